The molecule has 1 fully saturated rings. The highest BCUT2D eigenvalue weighted by molar-refractivity contribution is 6.31. The van der Waals surface area contributed by atoms with Gasteiger partial charge in [-0.3, -0.25) is 4.79 Å². The summed E-state index contributed by atoms with van der Waals surface area (Å²) in [7, 11) is 0. The number of halogens is 5. The van der Waals surface area contributed by atoms with Crippen molar-refractivity contribution in [3.05, 3.63) is 81.8 Å². The Morgan fingerprint density at radius 2 is 1.89 bits per heavy atom. The Morgan fingerprint density at radius 1 is 1.16 bits per heavy atom. The summed E-state index contributed by atoms with van der Waals surface area (Å²) in [5.41, 5.74) is -1.12. The number of carboxylic acid groups (broad SMARTS) is 1. The number of carboxylic acids is 1. The SMILES string of the molecule is O=C(O)c1ccc(NC(=O)[C@@H](CC2CC2)c2ccc(-c3c(OC(F)F)ccc(Cl)c3F)c[n+]2[O-])cc1F. The second-order valence-electron chi connectivity index (χ2n) is 8.50. The summed E-state index contributed by atoms with van der Waals surface area (Å²) in [4.78, 5) is 24.1. The molecule has 4 rings (SSSR count). The Labute approximate surface area is 212 Å². The zero-order valence-corrected chi connectivity index (χ0v) is 19.6. The number of benzene rings is 2. The molecular weight excluding hydrogens is 520 g/mol. The fourth-order valence-corrected chi connectivity index (χ4v) is 4.11. The molecular formula is C25H19ClF4N2O5. The van der Waals surface area contributed by atoms with Crippen molar-refractivity contribution in [3.8, 4) is 16.9 Å². The average molecular weight is 539 g/mol. The van der Waals surface area contributed by atoms with Crippen LogP contribution in [0.2, 0.25) is 5.02 Å². The Balaban J connectivity index is 1.66. The van der Waals surface area contributed by atoms with E-state index in [-0.39, 0.29) is 27.9 Å². The van der Waals surface area contributed by atoms with Gasteiger partial charge in [0.2, 0.25) is 11.6 Å². The van der Waals surface area contributed by atoms with E-state index < -0.39 is 52.9 Å². The van der Waals surface area contributed by atoms with E-state index >= 15 is 0 Å². The number of aromatic carboxylic acids is 1. The first kappa shape index (κ1) is 26.2. The second-order valence-corrected chi connectivity index (χ2v) is 8.91. The van der Waals surface area contributed by atoms with Crippen molar-refractivity contribution in [2.75, 3.05) is 5.32 Å². The van der Waals surface area contributed by atoms with Crippen LogP contribution in [0.15, 0.2) is 48.7 Å². The number of amides is 1. The number of rotatable bonds is 9. The highest BCUT2D eigenvalue weighted by atomic mass is 35.5. The Morgan fingerprint density at radius 3 is 2.49 bits per heavy atom. The maximum atomic E-state index is 14.8. The third kappa shape index (κ3) is 5.93. The number of nitrogens with one attached hydrogen (secondary N) is 1. The van der Waals surface area contributed by atoms with Crippen LogP contribution in [0.5, 0.6) is 5.75 Å². The molecule has 7 nitrogen and oxygen atoms in total. The summed E-state index contributed by atoms with van der Waals surface area (Å²) in [5.74, 6) is -5.54. The van der Waals surface area contributed by atoms with Crippen molar-refractivity contribution < 1.29 is 41.7 Å². The highest BCUT2D eigenvalue weighted by Gasteiger charge is 2.35. The Kier molecular flexibility index (Phi) is 7.53. The highest BCUT2D eigenvalue weighted by Crippen LogP contribution is 2.40. The molecule has 1 aliphatic carbocycles. The lowest BCUT2D eigenvalue weighted by Crippen LogP contribution is -2.37. The van der Waals surface area contributed by atoms with E-state index in [0.717, 1.165) is 43.3 Å². The molecule has 12 heteroatoms. The van der Waals surface area contributed by atoms with Crippen molar-refractivity contribution in [2.24, 2.45) is 5.92 Å². The van der Waals surface area contributed by atoms with Gasteiger partial charge in [0.25, 0.3) is 0 Å². The predicted molar refractivity (Wildman–Crippen MR) is 125 cm³/mol. The molecule has 0 spiro atoms. The van der Waals surface area contributed by atoms with Gasteiger partial charge in [0.05, 0.1) is 21.7 Å². The minimum Gasteiger partial charge on any atom is -0.618 e. The van der Waals surface area contributed by atoms with Crippen LogP contribution >= 0.6 is 11.6 Å². The number of anilines is 1. The molecule has 37 heavy (non-hydrogen) atoms. The van der Waals surface area contributed by atoms with Crippen LogP contribution in [0.3, 0.4) is 0 Å². The number of pyridine rings is 1. The number of aromatic nitrogens is 1. The van der Waals surface area contributed by atoms with E-state index in [1.807, 2.05) is 0 Å². The van der Waals surface area contributed by atoms with Crippen LogP contribution in [0.25, 0.3) is 11.1 Å². The van der Waals surface area contributed by atoms with Gasteiger partial charge in [-0.1, -0.05) is 24.4 Å². The average Bonchev–Trinajstić information content (AvgIpc) is 3.64. The molecule has 0 unspecified atom stereocenters. The van der Waals surface area contributed by atoms with E-state index in [2.05, 4.69) is 10.1 Å². The molecule has 2 aromatic carbocycles. The zero-order valence-electron chi connectivity index (χ0n) is 18.9. The van der Waals surface area contributed by atoms with Crippen molar-refractivity contribution in [2.45, 2.75) is 31.8 Å². The van der Waals surface area contributed by atoms with Gasteiger partial charge in [0.15, 0.2) is 12.0 Å². The van der Waals surface area contributed by atoms with Gasteiger partial charge in [0.1, 0.15) is 17.5 Å². The quantitative estimate of drug-likeness (QED) is 0.205. The molecule has 0 aliphatic heterocycles. The van der Waals surface area contributed by atoms with Crippen LogP contribution in [-0.4, -0.2) is 23.6 Å². The molecule has 3 aromatic rings. The summed E-state index contributed by atoms with van der Waals surface area (Å²) < 4.78 is 59.2. The summed E-state index contributed by atoms with van der Waals surface area (Å²) >= 11 is 5.80. The number of hydrogen-bond donors (Lipinski definition) is 2. The number of ether oxygens (including phenoxy) is 1. The van der Waals surface area contributed by atoms with E-state index in [4.69, 9.17) is 16.7 Å². The maximum absolute atomic E-state index is 14.8. The predicted octanol–water partition coefficient (Wildman–Crippen LogP) is 5.74. The third-order valence-corrected chi connectivity index (χ3v) is 6.20. The number of carbonyl (C=O) groups is 2. The Bertz CT molecular complexity index is 1370. The first-order valence-electron chi connectivity index (χ1n) is 11.0. The van der Waals surface area contributed by atoms with E-state index in [1.165, 1.54) is 18.2 Å². The lowest BCUT2D eigenvalue weighted by Gasteiger charge is -2.18. The van der Waals surface area contributed by atoms with E-state index in [1.54, 1.807) is 0 Å². The lowest BCUT2D eigenvalue weighted by atomic mass is 9.95. The van der Waals surface area contributed by atoms with Gasteiger partial charge in [-0.05, 0) is 48.7 Å². The molecule has 1 aromatic heterocycles. The molecule has 1 aliphatic rings. The third-order valence-electron chi connectivity index (χ3n) is 5.91. The van der Waals surface area contributed by atoms with Crippen LogP contribution in [0.1, 0.15) is 41.2 Å². The fourth-order valence-electron chi connectivity index (χ4n) is 3.95. The molecule has 194 valence electrons. The summed E-state index contributed by atoms with van der Waals surface area (Å²) in [6, 6.07) is 7.73. The van der Waals surface area contributed by atoms with Crippen LogP contribution in [0.4, 0.5) is 23.2 Å². The van der Waals surface area contributed by atoms with Gasteiger partial charge in [-0.2, -0.15) is 13.5 Å². The summed E-state index contributed by atoms with van der Waals surface area (Å²) in [6.07, 6.45) is 2.93. The fraction of sp³-hybridized carbons (Fsp3) is 0.240. The normalized spacial score (nSPS) is 13.9. The molecule has 1 saturated carbocycles. The largest absolute Gasteiger partial charge is 0.618 e. The molecule has 1 heterocycles. The van der Waals surface area contributed by atoms with E-state index in [9.17, 15) is 32.4 Å². The molecule has 0 radical (unpaired) electrons. The number of nitrogens with zero attached hydrogens (tertiary/aromatic N) is 1. The summed E-state index contributed by atoms with van der Waals surface area (Å²) in [6.45, 7) is -3.25. The van der Waals surface area contributed by atoms with Gasteiger partial charge >= 0.3 is 12.6 Å². The number of hydrogen-bond acceptors (Lipinski definition) is 4. The summed E-state index contributed by atoms with van der Waals surface area (Å²) in [5, 5.41) is 24.1. The standard InChI is InChI=1S/C25H19ClF4N2O5/c26-17-6-8-20(37-25(29)30)21(22(17)28)13-3-7-19(32(36)11-13)16(9-12-1-2-12)23(33)31-14-4-5-15(24(34)35)18(27)10-14/h3-8,10-12,16,25H,1-2,9H2,(H,31,33)(H,34,35)/t16-/m0/s1. The maximum Gasteiger partial charge on any atom is 0.387 e. The van der Waals surface area contributed by atoms with Crippen LogP contribution in [0, 0.1) is 22.8 Å². The number of alkyl halides is 2. The molecule has 1 amide bonds. The van der Waals surface area contributed by atoms with Gasteiger partial charge in [-0.25, -0.2) is 13.6 Å². The van der Waals surface area contributed by atoms with Crippen LogP contribution < -0.4 is 14.8 Å². The number of carbonyl (C=O) groups excluding carboxylic acids is 1. The molecule has 0 bridgehead atoms. The molecule has 0 saturated heterocycles. The minimum absolute atomic E-state index is 0.00264. The second kappa shape index (κ2) is 10.6. The van der Waals surface area contributed by atoms with Crippen molar-refractivity contribution in [1.29, 1.82) is 0 Å². The van der Waals surface area contributed by atoms with E-state index in [0.29, 0.717) is 11.2 Å². The van der Waals surface area contributed by atoms with Gasteiger partial charge in [0, 0.05) is 11.8 Å². The van der Waals surface area contributed by atoms with Crippen molar-refractivity contribution in [3.63, 3.8) is 0 Å². The zero-order chi connectivity index (χ0) is 26.9. The smallest absolute Gasteiger partial charge is 0.387 e. The molecule has 1 atom stereocenters. The van der Waals surface area contributed by atoms with Crippen molar-refractivity contribution in [1.82, 2.24) is 0 Å². The molecule has 2 N–H and O–H groups in total. The monoisotopic (exact) mass is 538 g/mol. The lowest BCUT2D eigenvalue weighted by molar-refractivity contribution is -0.614. The van der Waals surface area contributed by atoms with Gasteiger partial charge in [-0.15, -0.1) is 0 Å². The topological polar surface area (TPSA) is 103 Å². The first-order chi connectivity index (χ1) is 17.5. The minimum atomic E-state index is -3.25. The Hall–Kier alpha value is -3.86. The van der Waals surface area contributed by atoms with Crippen LogP contribution in [-0.2, 0) is 4.79 Å². The van der Waals surface area contributed by atoms with Gasteiger partial charge < -0.3 is 20.4 Å². The van der Waals surface area contributed by atoms with Crippen molar-refractivity contribution >= 4 is 29.2 Å². The first-order valence-corrected chi connectivity index (χ1v) is 11.4.